The molecule has 7 heteroatoms. The Morgan fingerprint density at radius 3 is 2.87 bits per heavy atom. The molecular formula is C16H15N5O2. The van der Waals surface area contributed by atoms with E-state index in [-0.39, 0.29) is 6.01 Å². The summed E-state index contributed by atoms with van der Waals surface area (Å²) in [5.74, 6) is 1.14. The molecule has 3 heterocycles. The molecule has 1 aliphatic rings. The quantitative estimate of drug-likeness (QED) is 0.637. The van der Waals surface area contributed by atoms with Crippen molar-refractivity contribution in [2.75, 3.05) is 18.9 Å². The molecule has 0 saturated carbocycles. The second kappa shape index (κ2) is 5.60. The van der Waals surface area contributed by atoms with Crippen molar-refractivity contribution in [2.24, 2.45) is 0 Å². The summed E-state index contributed by atoms with van der Waals surface area (Å²) in [6, 6.07) is 8.19. The third-order valence-corrected chi connectivity index (χ3v) is 3.54. The minimum absolute atomic E-state index is 0.244. The molecule has 7 nitrogen and oxygen atoms in total. The van der Waals surface area contributed by atoms with Crippen LogP contribution in [0, 0.1) is 0 Å². The standard InChI is InChI=1S/C16H15N5O2/c17-14-13-15-20-16(19-14)23-7-2-1-6-22-12-5-3-4-11(8-12)9-21(15)10-18-13/h1-5,8,10H,6-7,9H2,(H2,17,19,20)/b2-1-. The molecule has 0 fully saturated rings. The van der Waals surface area contributed by atoms with Gasteiger partial charge >= 0.3 is 6.01 Å². The third-order valence-electron chi connectivity index (χ3n) is 3.54. The lowest BCUT2D eigenvalue weighted by Crippen LogP contribution is -2.06. The number of imidazole rings is 1. The lowest BCUT2D eigenvalue weighted by Gasteiger charge is -2.09. The number of nitrogen functional groups attached to an aromatic ring is 1. The summed E-state index contributed by atoms with van der Waals surface area (Å²) >= 11 is 0. The van der Waals surface area contributed by atoms with Gasteiger partial charge in [-0.05, 0) is 29.8 Å². The van der Waals surface area contributed by atoms with E-state index in [0.29, 0.717) is 36.7 Å². The highest BCUT2D eigenvalue weighted by Crippen LogP contribution is 2.21. The molecule has 0 radical (unpaired) electrons. The summed E-state index contributed by atoms with van der Waals surface area (Å²) in [4.78, 5) is 12.9. The highest BCUT2D eigenvalue weighted by atomic mass is 16.5. The van der Waals surface area contributed by atoms with Gasteiger partial charge in [0.15, 0.2) is 17.0 Å². The molecule has 2 N–H and O–H groups in total. The van der Waals surface area contributed by atoms with Crippen LogP contribution >= 0.6 is 0 Å². The molecule has 0 aliphatic carbocycles. The highest BCUT2D eigenvalue weighted by Gasteiger charge is 2.12. The molecule has 2 aromatic heterocycles. The lowest BCUT2D eigenvalue weighted by atomic mass is 10.2. The molecule has 0 amide bonds. The summed E-state index contributed by atoms with van der Waals surface area (Å²) in [5, 5.41) is 0. The van der Waals surface area contributed by atoms with E-state index in [0.717, 1.165) is 11.3 Å². The number of ether oxygens (including phenoxy) is 2. The van der Waals surface area contributed by atoms with E-state index in [1.165, 1.54) is 0 Å². The predicted octanol–water partition coefficient (Wildman–Crippen LogP) is 1.78. The molecule has 1 aliphatic heterocycles. The Hall–Kier alpha value is -3.09. The average molecular weight is 309 g/mol. The van der Waals surface area contributed by atoms with Gasteiger partial charge in [0.05, 0.1) is 12.9 Å². The van der Waals surface area contributed by atoms with Crippen LogP contribution in [0.4, 0.5) is 5.82 Å². The van der Waals surface area contributed by atoms with Crippen molar-refractivity contribution in [3.63, 3.8) is 0 Å². The molecule has 0 atom stereocenters. The first-order valence-electron chi connectivity index (χ1n) is 7.27. The topological polar surface area (TPSA) is 88.1 Å². The van der Waals surface area contributed by atoms with E-state index in [1.54, 1.807) is 6.33 Å². The van der Waals surface area contributed by atoms with Gasteiger partial charge in [0, 0.05) is 0 Å². The number of hydrogen-bond acceptors (Lipinski definition) is 6. The van der Waals surface area contributed by atoms with Crippen LogP contribution in [0.2, 0.25) is 0 Å². The number of rotatable bonds is 0. The van der Waals surface area contributed by atoms with E-state index < -0.39 is 0 Å². The van der Waals surface area contributed by atoms with Crippen molar-refractivity contribution in [1.29, 1.82) is 0 Å². The maximum atomic E-state index is 5.96. The number of benzene rings is 1. The Balaban J connectivity index is 1.83. The van der Waals surface area contributed by atoms with Gasteiger partial charge in [-0.2, -0.15) is 9.97 Å². The minimum atomic E-state index is 0.244. The van der Waals surface area contributed by atoms with Gasteiger partial charge in [-0.25, -0.2) is 4.98 Å². The van der Waals surface area contributed by atoms with Gasteiger partial charge in [-0.3, -0.25) is 0 Å². The van der Waals surface area contributed by atoms with E-state index in [4.69, 9.17) is 15.2 Å². The van der Waals surface area contributed by atoms with E-state index >= 15 is 0 Å². The number of nitrogens with zero attached hydrogens (tertiary/aromatic N) is 4. The molecule has 0 unspecified atom stereocenters. The summed E-state index contributed by atoms with van der Waals surface area (Å²) < 4.78 is 13.1. The van der Waals surface area contributed by atoms with Crippen molar-refractivity contribution in [3.05, 3.63) is 48.3 Å². The predicted molar refractivity (Wildman–Crippen MR) is 85.4 cm³/mol. The first kappa shape index (κ1) is 13.6. The Morgan fingerprint density at radius 1 is 1.09 bits per heavy atom. The van der Waals surface area contributed by atoms with E-state index in [2.05, 4.69) is 15.0 Å². The van der Waals surface area contributed by atoms with Crippen molar-refractivity contribution in [1.82, 2.24) is 19.5 Å². The Morgan fingerprint density at radius 2 is 1.96 bits per heavy atom. The molecule has 4 rings (SSSR count). The fourth-order valence-corrected chi connectivity index (χ4v) is 2.46. The number of hydrogen-bond donors (Lipinski definition) is 1. The van der Waals surface area contributed by atoms with Gasteiger partial charge in [0.2, 0.25) is 0 Å². The van der Waals surface area contributed by atoms with Crippen LogP contribution in [0.3, 0.4) is 0 Å². The SMILES string of the molecule is Nc1nc2nc3c1ncn3Cc1cccc(c1)OC/C=C\CO2. The van der Waals surface area contributed by atoms with Crippen molar-refractivity contribution < 1.29 is 9.47 Å². The smallest absolute Gasteiger partial charge is 0.320 e. The van der Waals surface area contributed by atoms with Gasteiger partial charge in [-0.15, -0.1) is 0 Å². The van der Waals surface area contributed by atoms with Crippen LogP contribution in [0.15, 0.2) is 42.7 Å². The minimum Gasteiger partial charge on any atom is -0.490 e. The van der Waals surface area contributed by atoms with Crippen LogP contribution < -0.4 is 15.2 Å². The summed E-state index contributed by atoms with van der Waals surface area (Å²) in [6.07, 6.45) is 5.46. The fourth-order valence-electron chi connectivity index (χ4n) is 2.46. The van der Waals surface area contributed by atoms with Crippen LogP contribution in [-0.2, 0) is 6.54 Å². The zero-order chi connectivity index (χ0) is 15.6. The number of aromatic nitrogens is 4. The Kier molecular flexibility index (Phi) is 3.30. The van der Waals surface area contributed by atoms with E-state index in [1.807, 2.05) is 41.0 Å². The monoisotopic (exact) mass is 309 g/mol. The molecule has 23 heavy (non-hydrogen) atoms. The van der Waals surface area contributed by atoms with Crippen LogP contribution in [0.25, 0.3) is 11.2 Å². The van der Waals surface area contributed by atoms with Crippen LogP contribution in [0.5, 0.6) is 11.8 Å². The second-order valence-electron chi connectivity index (χ2n) is 5.18. The Labute approximate surface area is 132 Å². The van der Waals surface area contributed by atoms with Crippen molar-refractivity contribution >= 4 is 17.0 Å². The second-order valence-corrected chi connectivity index (χ2v) is 5.18. The van der Waals surface area contributed by atoms with Gasteiger partial charge in [-0.1, -0.05) is 12.1 Å². The zero-order valence-electron chi connectivity index (χ0n) is 12.3. The Bertz CT molecular complexity index is 887. The third kappa shape index (κ3) is 2.68. The average Bonchev–Trinajstić information content (AvgIpc) is 2.94. The maximum absolute atomic E-state index is 5.96. The first-order valence-corrected chi connectivity index (χ1v) is 7.27. The summed E-state index contributed by atoms with van der Waals surface area (Å²) in [7, 11) is 0. The normalized spacial score (nSPS) is 15.7. The number of anilines is 1. The van der Waals surface area contributed by atoms with Gasteiger partial charge in [0.25, 0.3) is 0 Å². The van der Waals surface area contributed by atoms with E-state index in [9.17, 15) is 0 Å². The molecule has 0 saturated heterocycles. The largest absolute Gasteiger partial charge is 0.490 e. The van der Waals surface area contributed by atoms with Crippen LogP contribution in [0.1, 0.15) is 5.56 Å². The molecule has 116 valence electrons. The molecular weight excluding hydrogens is 294 g/mol. The zero-order valence-corrected chi connectivity index (χ0v) is 12.3. The van der Waals surface area contributed by atoms with Gasteiger partial charge < -0.3 is 19.8 Å². The molecule has 3 aromatic rings. The lowest BCUT2D eigenvalue weighted by molar-refractivity contribution is 0.330. The number of fused-ring (bicyclic) bond motifs is 3. The maximum Gasteiger partial charge on any atom is 0.320 e. The summed E-state index contributed by atoms with van der Waals surface area (Å²) in [5.41, 5.74) is 8.27. The highest BCUT2D eigenvalue weighted by molar-refractivity contribution is 5.81. The van der Waals surface area contributed by atoms with Crippen molar-refractivity contribution in [3.8, 4) is 11.8 Å². The fraction of sp³-hybridized carbons (Fsp3) is 0.188. The molecule has 0 spiro atoms. The number of nitrogens with two attached hydrogens (primary N) is 1. The summed E-state index contributed by atoms with van der Waals surface area (Å²) in [6.45, 7) is 1.44. The van der Waals surface area contributed by atoms with Crippen LogP contribution in [-0.4, -0.2) is 32.7 Å². The first-order chi connectivity index (χ1) is 11.3. The van der Waals surface area contributed by atoms with Crippen molar-refractivity contribution in [2.45, 2.75) is 6.54 Å². The molecule has 4 bridgehead atoms. The van der Waals surface area contributed by atoms with Gasteiger partial charge in [0.1, 0.15) is 19.0 Å². The molecule has 1 aromatic carbocycles.